The molecule has 0 aliphatic rings. The number of benzene rings is 2. The minimum atomic E-state index is -0.503. The fourth-order valence-electron chi connectivity index (χ4n) is 3.29. The summed E-state index contributed by atoms with van der Waals surface area (Å²) in [7, 11) is 4.55. The van der Waals surface area contributed by atoms with Gasteiger partial charge in [0.05, 0.1) is 32.0 Å². The summed E-state index contributed by atoms with van der Waals surface area (Å²) in [5.41, 5.74) is 3.27. The number of ether oxygens (including phenoxy) is 3. The number of hydrogen-bond donors (Lipinski definition) is 0. The number of esters is 1. The van der Waals surface area contributed by atoms with Crippen molar-refractivity contribution >= 4 is 17.6 Å². The summed E-state index contributed by atoms with van der Waals surface area (Å²) >= 11 is 6.84. The standard InChI is InChI=1S/C23H21ClN4O4/c1-30-17-8-4-15(5-9-17)21-20(24)22(16-6-10-18(31-2)11-7-16)28(26-21)14-27-13-12-19(25-27)23(29)32-3/h4-13H,14H2,1-3H3. The summed E-state index contributed by atoms with van der Waals surface area (Å²) in [6.07, 6.45) is 1.69. The van der Waals surface area contributed by atoms with Gasteiger partial charge in [-0.25, -0.2) is 9.48 Å². The monoisotopic (exact) mass is 452 g/mol. The molecule has 2 heterocycles. The topological polar surface area (TPSA) is 80.4 Å². The van der Waals surface area contributed by atoms with Crippen molar-refractivity contribution in [2.45, 2.75) is 6.67 Å². The molecule has 0 amide bonds. The SMILES string of the molecule is COC(=O)c1ccn(Cn2nc(-c3ccc(OC)cc3)c(Cl)c2-c2ccc(OC)cc2)n1. The van der Waals surface area contributed by atoms with Gasteiger partial charge >= 0.3 is 5.97 Å². The zero-order chi connectivity index (χ0) is 22.7. The molecule has 0 spiro atoms. The second-order valence-electron chi connectivity index (χ2n) is 6.84. The van der Waals surface area contributed by atoms with E-state index >= 15 is 0 Å². The highest BCUT2D eigenvalue weighted by molar-refractivity contribution is 6.35. The lowest BCUT2D eigenvalue weighted by Crippen LogP contribution is -2.13. The summed E-state index contributed by atoms with van der Waals surface area (Å²) in [4.78, 5) is 11.8. The number of aromatic nitrogens is 4. The van der Waals surface area contributed by atoms with Crippen LogP contribution in [0, 0.1) is 0 Å². The molecule has 32 heavy (non-hydrogen) atoms. The number of rotatable bonds is 7. The van der Waals surface area contributed by atoms with Gasteiger partial charge in [-0.2, -0.15) is 10.2 Å². The Bertz CT molecular complexity index is 1230. The number of hydrogen-bond acceptors (Lipinski definition) is 6. The van der Waals surface area contributed by atoms with Crippen LogP contribution in [0.15, 0.2) is 60.8 Å². The zero-order valence-corrected chi connectivity index (χ0v) is 18.5. The Kier molecular flexibility index (Phi) is 6.13. The van der Waals surface area contributed by atoms with Crippen LogP contribution in [0.25, 0.3) is 22.5 Å². The van der Waals surface area contributed by atoms with E-state index in [1.165, 1.54) is 7.11 Å². The van der Waals surface area contributed by atoms with Crippen molar-refractivity contribution < 1.29 is 19.0 Å². The molecule has 0 saturated carbocycles. The molecule has 0 N–H and O–H groups in total. The molecule has 0 saturated heterocycles. The number of halogens is 1. The normalized spacial score (nSPS) is 10.8. The summed E-state index contributed by atoms with van der Waals surface area (Å²) in [5, 5.41) is 9.53. The molecule has 2 aromatic carbocycles. The molecule has 0 radical (unpaired) electrons. The van der Waals surface area contributed by atoms with Crippen LogP contribution in [0.1, 0.15) is 10.5 Å². The molecular formula is C23H21ClN4O4. The average Bonchev–Trinajstić information content (AvgIpc) is 3.43. The maximum absolute atomic E-state index is 11.8. The predicted molar refractivity (Wildman–Crippen MR) is 120 cm³/mol. The molecule has 0 unspecified atom stereocenters. The van der Waals surface area contributed by atoms with Crippen LogP contribution in [0.4, 0.5) is 0 Å². The van der Waals surface area contributed by atoms with E-state index in [2.05, 4.69) is 5.10 Å². The minimum Gasteiger partial charge on any atom is -0.497 e. The molecule has 164 valence electrons. The van der Waals surface area contributed by atoms with Crippen molar-refractivity contribution in [3.63, 3.8) is 0 Å². The minimum absolute atomic E-state index is 0.215. The van der Waals surface area contributed by atoms with Crippen LogP contribution >= 0.6 is 11.6 Å². The molecule has 4 aromatic rings. The van der Waals surface area contributed by atoms with E-state index in [0.717, 1.165) is 28.3 Å². The summed E-state index contributed by atoms with van der Waals surface area (Å²) in [6, 6.07) is 16.7. The molecule has 0 aliphatic carbocycles. The fraction of sp³-hybridized carbons (Fsp3) is 0.174. The highest BCUT2D eigenvalue weighted by atomic mass is 35.5. The van der Waals surface area contributed by atoms with Crippen LogP contribution < -0.4 is 9.47 Å². The van der Waals surface area contributed by atoms with Crippen molar-refractivity contribution in [2.24, 2.45) is 0 Å². The van der Waals surface area contributed by atoms with Gasteiger partial charge in [0.2, 0.25) is 0 Å². The molecule has 2 aromatic heterocycles. The largest absolute Gasteiger partial charge is 0.497 e. The Morgan fingerprint density at radius 2 is 1.47 bits per heavy atom. The molecule has 9 heteroatoms. The second kappa shape index (κ2) is 9.15. The Morgan fingerprint density at radius 3 is 2.03 bits per heavy atom. The Labute approximate surface area is 189 Å². The third kappa shape index (κ3) is 4.17. The lowest BCUT2D eigenvalue weighted by atomic mass is 10.1. The molecule has 0 aliphatic heterocycles. The third-order valence-corrected chi connectivity index (χ3v) is 5.29. The predicted octanol–water partition coefficient (Wildman–Crippen LogP) is 4.38. The third-order valence-electron chi connectivity index (χ3n) is 4.94. The fourth-order valence-corrected chi connectivity index (χ4v) is 3.65. The van der Waals surface area contributed by atoms with Gasteiger partial charge in [0.25, 0.3) is 0 Å². The van der Waals surface area contributed by atoms with Crippen molar-refractivity contribution in [1.29, 1.82) is 0 Å². The van der Waals surface area contributed by atoms with E-state index in [9.17, 15) is 4.79 Å². The van der Waals surface area contributed by atoms with Crippen LogP contribution in [0.3, 0.4) is 0 Å². The van der Waals surface area contributed by atoms with E-state index in [1.54, 1.807) is 35.8 Å². The van der Waals surface area contributed by atoms with Gasteiger partial charge in [0.15, 0.2) is 5.69 Å². The molecule has 0 fully saturated rings. The quantitative estimate of drug-likeness (QED) is 0.387. The first-order valence-electron chi connectivity index (χ1n) is 9.71. The van der Waals surface area contributed by atoms with E-state index < -0.39 is 5.97 Å². The van der Waals surface area contributed by atoms with Gasteiger partial charge < -0.3 is 14.2 Å². The van der Waals surface area contributed by atoms with Crippen molar-refractivity contribution in [2.75, 3.05) is 21.3 Å². The first-order valence-corrected chi connectivity index (χ1v) is 10.1. The van der Waals surface area contributed by atoms with Crippen LogP contribution in [-0.4, -0.2) is 46.9 Å². The van der Waals surface area contributed by atoms with Gasteiger partial charge in [-0.3, -0.25) is 4.68 Å². The first kappa shape index (κ1) is 21.5. The highest BCUT2D eigenvalue weighted by Gasteiger charge is 2.20. The Balaban J connectivity index is 1.78. The lowest BCUT2D eigenvalue weighted by molar-refractivity contribution is 0.0593. The number of nitrogens with zero attached hydrogens (tertiary/aromatic N) is 4. The van der Waals surface area contributed by atoms with Crippen molar-refractivity contribution in [1.82, 2.24) is 19.6 Å². The van der Waals surface area contributed by atoms with Crippen molar-refractivity contribution in [3.8, 4) is 34.0 Å². The van der Waals surface area contributed by atoms with Gasteiger partial charge in [0.1, 0.15) is 23.9 Å². The number of carbonyl (C=O) groups is 1. The van der Waals surface area contributed by atoms with E-state index in [0.29, 0.717) is 10.7 Å². The Morgan fingerprint density at radius 1 is 0.875 bits per heavy atom. The first-order chi connectivity index (χ1) is 15.5. The average molecular weight is 453 g/mol. The molecule has 0 bridgehead atoms. The molecule has 4 rings (SSSR count). The smallest absolute Gasteiger partial charge is 0.358 e. The highest BCUT2D eigenvalue weighted by Crippen LogP contribution is 2.37. The second-order valence-corrected chi connectivity index (χ2v) is 7.22. The van der Waals surface area contributed by atoms with Crippen LogP contribution in [0.2, 0.25) is 5.02 Å². The van der Waals surface area contributed by atoms with E-state index in [-0.39, 0.29) is 12.4 Å². The van der Waals surface area contributed by atoms with Gasteiger partial charge in [0, 0.05) is 17.3 Å². The van der Waals surface area contributed by atoms with Gasteiger partial charge in [-0.1, -0.05) is 11.6 Å². The molecule has 8 nitrogen and oxygen atoms in total. The molecule has 0 atom stereocenters. The summed E-state index contributed by atoms with van der Waals surface area (Å²) in [5.74, 6) is 0.976. The summed E-state index contributed by atoms with van der Waals surface area (Å²) < 4.78 is 18.6. The zero-order valence-electron chi connectivity index (χ0n) is 17.8. The maximum atomic E-state index is 11.8. The van der Waals surface area contributed by atoms with Crippen LogP contribution in [0.5, 0.6) is 11.5 Å². The van der Waals surface area contributed by atoms with E-state index in [1.807, 2.05) is 48.5 Å². The number of carbonyl (C=O) groups excluding carboxylic acids is 1. The number of methoxy groups -OCH3 is 3. The maximum Gasteiger partial charge on any atom is 0.358 e. The van der Waals surface area contributed by atoms with E-state index in [4.69, 9.17) is 30.9 Å². The van der Waals surface area contributed by atoms with Crippen LogP contribution in [-0.2, 0) is 11.4 Å². The summed E-state index contributed by atoms with van der Waals surface area (Å²) in [6.45, 7) is 0.244. The lowest BCUT2D eigenvalue weighted by Gasteiger charge is -2.09. The van der Waals surface area contributed by atoms with Gasteiger partial charge in [-0.05, 0) is 54.6 Å². The van der Waals surface area contributed by atoms with Crippen molar-refractivity contribution in [3.05, 3.63) is 71.5 Å². The Hall–Kier alpha value is -3.78. The van der Waals surface area contributed by atoms with Gasteiger partial charge in [-0.15, -0.1) is 0 Å². The molecular weight excluding hydrogens is 432 g/mol.